The van der Waals surface area contributed by atoms with Gasteiger partial charge < -0.3 is 19.7 Å². The van der Waals surface area contributed by atoms with Crippen LogP contribution in [0.25, 0.3) is 0 Å². The highest BCUT2D eigenvalue weighted by Gasteiger charge is 2.34. The van der Waals surface area contributed by atoms with Crippen LogP contribution in [0.1, 0.15) is 38.4 Å². The van der Waals surface area contributed by atoms with Crippen molar-refractivity contribution in [2.24, 2.45) is 5.41 Å². The average molecular weight is 492 g/mol. The molecular formula is C23H26BrNO6. The second kappa shape index (κ2) is 10.9. The predicted molar refractivity (Wildman–Crippen MR) is 121 cm³/mol. The van der Waals surface area contributed by atoms with Crippen molar-refractivity contribution in [3.8, 4) is 11.5 Å². The van der Waals surface area contributed by atoms with Crippen LogP contribution in [0.3, 0.4) is 0 Å². The summed E-state index contributed by atoms with van der Waals surface area (Å²) in [6.45, 7) is 3.83. The van der Waals surface area contributed by atoms with Crippen LogP contribution in [-0.2, 0) is 9.53 Å². The molecule has 0 aliphatic heterocycles. The van der Waals surface area contributed by atoms with Gasteiger partial charge in [0.15, 0.2) is 11.5 Å². The zero-order valence-electron chi connectivity index (χ0n) is 17.6. The molecule has 0 aliphatic rings. The largest absolute Gasteiger partial charge is 0.504 e. The van der Waals surface area contributed by atoms with Crippen molar-refractivity contribution in [2.75, 3.05) is 12.4 Å². The van der Waals surface area contributed by atoms with Gasteiger partial charge in [0.05, 0.1) is 7.11 Å². The highest BCUT2D eigenvalue weighted by atomic mass is 79.9. The van der Waals surface area contributed by atoms with Gasteiger partial charge in [0.25, 0.3) is 0 Å². The van der Waals surface area contributed by atoms with Crippen LogP contribution < -0.4 is 10.1 Å². The normalized spacial score (nSPS) is 12.4. The van der Waals surface area contributed by atoms with E-state index in [1.165, 1.54) is 13.2 Å². The van der Waals surface area contributed by atoms with Gasteiger partial charge >= 0.3 is 12.1 Å². The maximum Gasteiger partial charge on any atom is 0.412 e. The van der Waals surface area contributed by atoms with Crippen LogP contribution in [0.2, 0.25) is 0 Å². The van der Waals surface area contributed by atoms with Gasteiger partial charge in [0, 0.05) is 21.7 Å². The summed E-state index contributed by atoms with van der Waals surface area (Å²) in [5, 5.41) is 21.7. The monoisotopic (exact) mass is 491 g/mol. The molecule has 166 valence electrons. The topological polar surface area (TPSA) is 105 Å². The lowest BCUT2D eigenvalue weighted by atomic mass is 9.78. The molecule has 0 saturated carbocycles. The maximum absolute atomic E-state index is 12.6. The van der Waals surface area contributed by atoms with Gasteiger partial charge in [-0.05, 0) is 54.8 Å². The van der Waals surface area contributed by atoms with Crippen molar-refractivity contribution < 1.29 is 29.3 Å². The number of allylic oxidation sites excluding steroid dienone is 1. The minimum absolute atomic E-state index is 0.0662. The first-order chi connectivity index (χ1) is 14.6. The highest BCUT2D eigenvalue weighted by molar-refractivity contribution is 9.10. The second-order valence-corrected chi connectivity index (χ2v) is 8.53. The van der Waals surface area contributed by atoms with Gasteiger partial charge in [0.2, 0.25) is 0 Å². The molecule has 0 heterocycles. The van der Waals surface area contributed by atoms with Crippen LogP contribution in [0, 0.1) is 5.41 Å². The number of carboxylic acid groups (broad SMARTS) is 1. The lowest BCUT2D eigenvalue weighted by Crippen LogP contribution is -2.29. The molecule has 0 bridgehead atoms. The maximum atomic E-state index is 12.6. The number of carbonyl (C=O) groups excluding carboxylic acids is 1. The summed E-state index contributed by atoms with van der Waals surface area (Å²) in [4.78, 5) is 23.3. The molecule has 0 spiro atoms. The Morgan fingerprint density at radius 3 is 2.45 bits per heavy atom. The number of benzene rings is 2. The Morgan fingerprint density at radius 1 is 1.19 bits per heavy atom. The molecule has 0 saturated heterocycles. The minimum atomic E-state index is -1.01. The fraction of sp³-hybridized carbons (Fsp3) is 0.304. The predicted octanol–water partition coefficient (Wildman–Crippen LogP) is 5.90. The molecule has 2 aromatic rings. The Bertz CT molecular complexity index is 940. The second-order valence-electron chi connectivity index (χ2n) is 7.62. The van der Waals surface area contributed by atoms with E-state index in [0.717, 1.165) is 10.5 Å². The molecule has 1 atom stereocenters. The van der Waals surface area contributed by atoms with Crippen LogP contribution in [0.15, 0.2) is 59.1 Å². The number of carboxylic acids is 1. The van der Waals surface area contributed by atoms with Crippen molar-refractivity contribution >= 4 is 33.7 Å². The number of halogens is 1. The summed E-state index contributed by atoms with van der Waals surface area (Å²) < 4.78 is 11.8. The standard InChI is InChI=1S/C23H26BrNO6/c1-23(2,13-5-4-6-20(27)28)21(15-7-12-19(30-3)18(26)14-15)31-22(29)25-17-10-8-16(24)9-11-17/h4,6-12,14,21,26H,5,13H2,1-3H3,(H,25,29)(H,27,28)/b6-4+/t21-/m0/s1. The number of phenolic OH excluding ortho intramolecular Hbond substituents is 1. The number of hydrogen-bond acceptors (Lipinski definition) is 5. The Hall–Kier alpha value is -3.00. The molecular weight excluding hydrogens is 466 g/mol. The number of carbonyl (C=O) groups is 2. The molecule has 2 aromatic carbocycles. The summed E-state index contributed by atoms with van der Waals surface area (Å²) in [6.07, 6.45) is 2.32. The molecule has 0 aromatic heterocycles. The molecule has 1 amide bonds. The number of aromatic hydroxyl groups is 1. The first-order valence-corrected chi connectivity index (χ1v) is 10.4. The smallest absolute Gasteiger partial charge is 0.412 e. The molecule has 31 heavy (non-hydrogen) atoms. The average Bonchev–Trinajstić information content (AvgIpc) is 2.71. The lowest BCUT2D eigenvalue weighted by molar-refractivity contribution is -0.131. The van der Waals surface area contributed by atoms with Crippen molar-refractivity contribution in [1.82, 2.24) is 0 Å². The number of anilines is 1. The van der Waals surface area contributed by atoms with E-state index >= 15 is 0 Å². The van der Waals surface area contributed by atoms with Crippen LogP contribution >= 0.6 is 15.9 Å². The molecule has 0 unspecified atom stereocenters. The van der Waals surface area contributed by atoms with E-state index in [1.54, 1.807) is 42.5 Å². The van der Waals surface area contributed by atoms with E-state index in [-0.39, 0.29) is 5.75 Å². The summed E-state index contributed by atoms with van der Waals surface area (Å²) >= 11 is 3.35. The molecule has 7 nitrogen and oxygen atoms in total. The Labute approximate surface area is 189 Å². The third-order valence-electron chi connectivity index (χ3n) is 4.75. The van der Waals surface area contributed by atoms with Crippen LogP contribution in [0.4, 0.5) is 10.5 Å². The Kier molecular flexibility index (Phi) is 8.50. The lowest BCUT2D eigenvalue weighted by Gasteiger charge is -2.34. The number of hydrogen-bond donors (Lipinski definition) is 3. The molecule has 0 fully saturated rings. The minimum Gasteiger partial charge on any atom is -0.504 e. The fourth-order valence-corrected chi connectivity index (χ4v) is 3.37. The summed E-state index contributed by atoms with van der Waals surface area (Å²) in [7, 11) is 1.45. The van der Waals surface area contributed by atoms with Gasteiger partial charge in [-0.2, -0.15) is 0 Å². The summed E-state index contributed by atoms with van der Waals surface area (Å²) in [5.41, 5.74) is 0.601. The van der Waals surface area contributed by atoms with E-state index in [0.29, 0.717) is 29.8 Å². The van der Waals surface area contributed by atoms with Gasteiger partial charge in [-0.25, -0.2) is 9.59 Å². The number of phenols is 1. The molecule has 0 radical (unpaired) electrons. The molecule has 2 rings (SSSR count). The van der Waals surface area contributed by atoms with E-state index in [9.17, 15) is 14.7 Å². The first kappa shape index (κ1) is 24.3. The van der Waals surface area contributed by atoms with E-state index in [4.69, 9.17) is 14.6 Å². The van der Waals surface area contributed by atoms with Crippen LogP contribution in [0.5, 0.6) is 11.5 Å². The highest BCUT2D eigenvalue weighted by Crippen LogP contribution is 2.42. The number of methoxy groups -OCH3 is 1. The van der Waals surface area contributed by atoms with Crippen molar-refractivity contribution in [3.05, 3.63) is 64.7 Å². The van der Waals surface area contributed by atoms with Gasteiger partial charge in [0.1, 0.15) is 6.10 Å². The SMILES string of the molecule is COc1ccc([C@H](OC(=O)Nc2ccc(Br)cc2)C(C)(C)CC/C=C/C(=O)O)cc1O. The number of rotatable bonds is 9. The first-order valence-electron chi connectivity index (χ1n) is 9.62. The Balaban J connectivity index is 2.25. The van der Waals surface area contributed by atoms with Crippen molar-refractivity contribution in [2.45, 2.75) is 32.8 Å². The Morgan fingerprint density at radius 2 is 1.87 bits per heavy atom. The van der Waals surface area contributed by atoms with E-state index in [1.807, 2.05) is 13.8 Å². The summed E-state index contributed by atoms with van der Waals surface area (Å²) in [6, 6.07) is 11.9. The van der Waals surface area contributed by atoms with Crippen LogP contribution in [-0.4, -0.2) is 29.4 Å². The van der Waals surface area contributed by atoms with Crippen molar-refractivity contribution in [1.29, 1.82) is 0 Å². The third kappa shape index (κ3) is 7.32. The number of amides is 1. The molecule has 8 heteroatoms. The number of ether oxygens (including phenoxy) is 2. The van der Waals surface area contributed by atoms with Gasteiger partial charge in [-0.15, -0.1) is 0 Å². The number of nitrogens with one attached hydrogen (secondary N) is 1. The zero-order valence-corrected chi connectivity index (χ0v) is 19.2. The van der Waals surface area contributed by atoms with E-state index < -0.39 is 23.6 Å². The fourth-order valence-electron chi connectivity index (χ4n) is 3.11. The number of aliphatic carboxylic acids is 1. The quantitative estimate of drug-likeness (QED) is 0.377. The van der Waals surface area contributed by atoms with E-state index in [2.05, 4.69) is 21.2 Å². The molecule has 3 N–H and O–H groups in total. The third-order valence-corrected chi connectivity index (χ3v) is 5.28. The van der Waals surface area contributed by atoms with Gasteiger partial charge in [-0.1, -0.05) is 41.9 Å². The van der Waals surface area contributed by atoms with Crippen molar-refractivity contribution in [3.63, 3.8) is 0 Å². The van der Waals surface area contributed by atoms with Gasteiger partial charge in [-0.3, -0.25) is 5.32 Å². The summed E-state index contributed by atoms with van der Waals surface area (Å²) in [5.74, 6) is -0.771. The zero-order chi connectivity index (χ0) is 23.0. The molecule has 0 aliphatic carbocycles.